The van der Waals surface area contributed by atoms with Gasteiger partial charge in [0.05, 0.1) is 11.3 Å². The van der Waals surface area contributed by atoms with Gasteiger partial charge in [0, 0.05) is 17.1 Å². The van der Waals surface area contributed by atoms with E-state index in [1.807, 2.05) is 5.32 Å². The van der Waals surface area contributed by atoms with Crippen LogP contribution >= 0.6 is 11.6 Å². The highest BCUT2D eigenvalue weighted by Gasteiger charge is 2.34. The maximum absolute atomic E-state index is 13.0. The monoisotopic (exact) mass is 414 g/mol. The van der Waals surface area contributed by atoms with Crippen molar-refractivity contribution < 1.29 is 32.7 Å². The van der Waals surface area contributed by atoms with Gasteiger partial charge < -0.3 is 15.7 Å². The van der Waals surface area contributed by atoms with Crippen molar-refractivity contribution in [3.8, 4) is 0 Å². The Balaban J connectivity index is 2.04. The number of carbonyl (C=O) groups excluding carboxylic acids is 2. The lowest BCUT2D eigenvalue weighted by Crippen LogP contribution is -2.30. The summed E-state index contributed by atoms with van der Waals surface area (Å²) in [5.41, 5.74) is -0.836. The third-order valence-corrected chi connectivity index (χ3v) is 3.82. The third-order valence-electron chi connectivity index (χ3n) is 3.58. The van der Waals surface area contributed by atoms with E-state index in [2.05, 4.69) is 5.32 Å². The van der Waals surface area contributed by atoms with Gasteiger partial charge in [-0.1, -0.05) is 23.7 Å². The lowest BCUT2D eigenvalue weighted by molar-refractivity contribution is -0.138. The molecule has 0 spiro atoms. The molecule has 0 atom stereocenters. The molecule has 0 aliphatic heterocycles. The van der Waals surface area contributed by atoms with Crippen LogP contribution in [0.2, 0.25) is 5.02 Å². The fourth-order valence-electron chi connectivity index (χ4n) is 2.23. The predicted octanol–water partition coefficient (Wildman–Crippen LogP) is 3.95. The van der Waals surface area contributed by atoms with Crippen molar-refractivity contribution in [2.75, 3.05) is 10.6 Å². The van der Waals surface area contributed by atoms with Crippen molar-refractivity contribution in [3.05, 3.63) is 58.6 Å². The van der Waals surface area contributed by atoms with Crippen LogP contribution in [-0.4, -0.2) is 22.9 Å². The first kappa shape index (κ1) is 21.2. The highest BCUT2D eigenvalue weighted by atomic mass is 35.5. The van der Waals surface area contributed by atoms with Crippen LogP contribution in [0.3, 0.4) is 0 Å². The molecule has 0 fully saturated rings. The van der Waals surface area contributed by atoms with Crippen LogP contribution in [0.1, 0.15) is 17.5 Å². The molecule has 2 amide bonds. The molecule has 0 saturated carbocycles. The molecule has 10 heteroatoms. The van der Waals surface area contributed by atoms with Crippen LogP contribution < -0.4 is 10.6 Å². The minimum Gasteiger partial charge on any atom is -0.481 e. The van der Waals surface area contributed by atoms with Crippen LogP contribution in [0.4, 0.5) is 24.5 Å². The summed E-state index contributed by atoms with van der Waals surface area (Å²) in [6.45, 7) is 0. The van der Waals surface area contributed by atoms with Gasteiger partial charge in [0.25, 0.3) is 0 Å². The molecular formula is C18H14ClF3N2O4. The molecule has 0 heterocycles. The number of hydrogen-bond donors (Lipinski definition) is 3. The number of carbonyl (C=O) groups is 3. The van der Waals surface area contributed by atoms with E-state index in [0.717, 1.165) is 12.1 Å². The Morgan fingerprint density at radius 1 is 0.964 bits per heavy atom. The highest BCUT2D eigenvalue weighted by molar-refractivity contribution is 6.43. The van der Waals surface area contributed by atoms with Crippen LogP contribution in [0.5, 0.6) is 0 Å². The number of aliphatic carboxylic acids is 1. The Bertz CT molecular complexity index is 899. The molecule has 6 nitrogen and oxygen atoms in total. The molecule has 0 aliphatic rings. The quantitative estimate of drug-likeness (QED) is 0.645. The Labute approximate surface area is 162 Å². The number of rotatable bonds is 5. The molecule has 28 heavy (non-hydrogen) atoms. The number of halogens is 4. The highest BCUT2D eigenvalue weighted by Crippen LogP contribution is 2.36. The lowest BCUT2D eigenvalue weighted by atomic mass is 10.1. The molecule has 2 rings (SSSR count). The zero-order valence-electron chi connectivity index (χ0n) is 14.1. The molecule has 3 N–H and O–H groups in total. The van der Waals surface area contributed by atoms with E-state index >= 15 is 0 Å². The van der Waals surface area contributed by atoms with Gasteiger partial charge in [-0.25, -0.2) is 0 Å². The van der Waals surface area contributed by atoms with E-state index < -0.39 is 35.2 Å². The summed E-state index contributed by atoms with van der Waals surface area (Å²) in [4.78, 5) is 34.4. The Hall–Kier alpha value is -3.07. The van der Waals surface area contributed by atoms with Crippen molar-refractivity contribution >= 4 is 40.8 Å². The Kier molecular flexibility index (Phi) is 6.63. The number of carboxylic acids is 1. The largest absolute Gasteiger partial charge is 0.481 e. The molecule has 0 saturated heterocycles. The van der Waals surface area contributed by atoms with Crippen molar-refractivity contribution in [2.45, 2.75) is 19.0 Å². The number of hydrogen-bond acceptors (Lipinski definition) is 3. The molecule has 0 aliphatic carbocycles. The molecule has 2 aromatic carbocycles. The molecule has 0 radical (unpaired) electrons. The Morgan fingerprint density at radius 2 is 1.57 bits per heavy atom. The summed E-state index contributed by atoms with van der Waals surface area (Å²) < 4.78 is 39.1. The van der Waals surface area contributed by atoms with Crippen LogP contribution in [-0.2, 0) is 27.0 Å². The number of amides is 2. The van der Waals surface area contributed by atoms with E-state index in [1.54, 1.807) is 12.1 Å². The van der Waals surface area contributed by atoms with Crippen LogP contribution in [0.15, 0.2) is 42.5 Å². The van der Waals surface area contributed by atoms with Crippen molar-refractivity contribution in [1.82, 2.24) is 0 Å². The summed E-state index contributed by atoms with van der Waals surface area (Å²) in [6, 6.07) is 8.78. The average molecular weight is 415 g/mol. The number of alkyl halides is 3. The second-order valence-corrected chi connectivity index (χ2v) is 6.12. The van der Waals surface area contributed by atoms with E-state index in [4.69, 9.17) is 16.7 Å². The van der Waals surface area contributed by atoms with Gasteiger partial charge in [-0.3, -0.25) is 14.4 Å². The van der Waals surface area contributed by atoms with Gasteiger partial charge in [-0.2, -0.15) is 13.2 Å². The SMILES string of the molecule is O=C(O)CCc1ccc(NC(=O)C(=O)Nc2ccc(Cl)cc2C(F)(F)F)cc1. The first-order chi connectivity index (χ1) is 13.1. The maximum Gasteiger partial charge on any atom is 0.418 e. The summed E-state index contributed by atoms with van der Waals surface area (Å²) >= 11 is 5.56. The fourth-order valence-corrected chi connectivity index (χ4v) is 2.41. The topological polar surface area (TPSA) is 95.5 Å². The van der Waals surface area contributed by atoms with Gasteiger partial charge in [0.15, 0.2) is 0 Å². The van der Waals surface area contributed by atoms with Gasteiger partial charge in [-0.05, 0) is 42.3 Å². The number of nitrogens with one attached hydrogen (secondary N) is 2. The first-order valence-corrected chi connectivity index (χ1v) is 8.24. The third kappa shape index (κ3) is 5.98. The second kappa shape index (κ2) is 8.75. The van der Waals surface area contributed by atoms with Crippen molar-refractivity contribution in [2.24, 2.45) is 0 Å². The summed E-state index contributed by atoms with van der Waals surface area (Å²) in [6.07, 6.45) is -4.53. The fraction of sp³-hybridized carbons (Fsp3) is 0.167. The molecule has 148 valence electrons. The number of anilines is 2. The summed E-state index contributed by atoms with van der Waals surface area (Å²) in [7, 11) is 0. The molecule has 0 bridgehead atoms. The first-order valence-electron chi connectivity index (χ1n) is 7.86. The zero-order chi connectivity index (χ0) is 20.9. The predicted molar refractivity (Wildman–Crippen MR) is 96.1 cm³/mol. The molecular weight excluding hydrogens is 401 g/mol. The average Bonchev–Trinajstić information content (AvgIpc) is 2.61. The minimum atomic E-state index is -4.77. The van der Waals surface area contributed by atoms with Crippen LogP contribution in [0, 0.1) is 0 Å². The standard InChI is InChI=1S/C18H14ClF3N2O4/c19-11-4-7-14(13(9-11)18(20,21)22)24-17(28)16(27)23-12-5-1-10(2-6-12)3-8-15(25)26/h1-2,4-7,9H,3,8H2,(H,23,27)(H,24,28)(H,25,26). The second-order valence-electron chi connectivity index (χ2n) is 5.69. The molecule has 0 unspecified atom stereocenters. The van der Waals surface area contributed by atoms with E-state index in [9.17, 15) is 27.6 Å². The normalized spacial score (nSPS) is 11.0. The lowest BCUT2D eigenvalue weighted by Gasteiger charge is -2.14. The van der Waals surface area contributed by atoms with Crippen LogP contribution in [0.25, 0.3) is 0 Å². The van der Waals surface area contributed by atoms with Gasteiger partial charge in [0.1, 0.15) is 0 Å². The number of carboxylic acid groups (broad SMARTS) is 1. The van der Waals surface area contributed by atoms with E-state index in [-0.39, 0.29) is 17.1 Å². The maximum atomic E-state index is 13.0. The van der Waals surface area contributed by atoms with Crippen molar-refractivity contribution in [3.63, 3.8) is 0 Å². The Morgan fingerprint density at radius 3 is 2.14 bits per heavy atom. The minimum absolute atomic E-state index is 0.0588. The van der Waals surface area contributed by atoms with Crippen molar-refractivity contribution in [1.29, 1.82) is 0 Å². The number of benzene rings is 2. The molecule has 0 aromatic heterocycles. The van der Waals surface area contributed by atoms with Gasteiger partial charge in [0.2, 0.25) is 0 Å². The number of aryl methyl sites for hydroxylation is 1. The smallest absolute Gasteiger partial charge is 0.418 e. The summed E-state index contributed by atoms with van der Waals surface area (Å²) in [5, 5.41) is 12.6. The van der Waals surface area contributed by atoms with Gasteiger partial charge in [-0.15, -0.1) is 0 Å². The zero-order valence-corrected chi connectivity index (χ0v) is 14.9. The van der Waals surface area contributed by atoms with E-state index in [1.165, 1.54) is 12.1 Å². The molecule has 2 aromatic rings. The van der Waals surface area contributed by atoms with Gasteiger partial charge >= 0.3 is 24.0 Å². The van der Waals surface area contributed by atoms with E-state index in [0.29, 0.717) is 18.1 Å². The summed E-state index contributed by atoms with van der Waals surface area (Å²) in [5.74, 6) is -3.40.